The van der Waals surface area contributed by atoms with Gasteiger partial charge in [-0.3, -0.25) is 0 Å². The number of hydrogen-bond donors (Lipinski definition) is 1. The van der Waals surface area contributed by atoms with Gasteiger partial charge in [0.05, 0.1) is 0 Å². The topological polar surface area (TPSA) is 12.0 Å². The zero-order chi connectivity index (χ0) is 14.3. The van der Waals surface area contributed by atoms with Crippen LogP contribution in [0.3, 0.4) is 0 Å². The Labute approximate surface area is 128 Å². The highest BCUT2D eigenvalue weighted by molar-refractivity contribution is 5.16. The Kier molecular flexibility index (Phi) is 5.07. The Bertz CT molecular complexity index is 471. The Morgan fingerprint density at radius 1 is 0.667 bits per heavy atom. The number of hydrogen-bond acceptors (Lipinski definition) is 1. The van der Waals surface area contributed by atoms with Crippen molar-refractivity contribution >= 4 is 0 Å². The van der Waals surface area contributed by atoms with Gasteiger partial charge in [-0.15, -0.1) is 0 Å². The number of benzene rings is 2. The molecule has 2 aromatic rings. The summed E-state index contributed by atoms with van der Waals surface area (Å²) in [6.07, 6.45) is 7.62. The third-order valence-corrected chi connectivity index (χ3v) is 4.58. The maximum atomic E-state index is 3.83. The second kappa shape index (κ2) is 7.42. The van der Waals surface area contributed by atoms with Crippen molar-refractivity contribution in [3.05, 3.63) is 71.8 Å². The molecule has 0 bridgehead atoms. The highest BCUT2D eigenvalue weighted by Crippen LogP contribution is 2.20. The Morgan fingerprint density at radius 2 is 1.10 bits per heavy atom. The number of rotatable bonds is 6. The summed E-state index contributed by atoms with van der Waals surface area (Å²) in [6, 6.07) is 23.1. The first kappa shape index (κ1) is 14.3. The van der Waals surface area contributed by atoms with Gasteiger partial charge in [0.15, 0.2) is 0 Å². The van der Waals surface area contributed by atoms with Crippen LogP contribution >= 0.6 is 0 Å². The van der Waals surface area contributed by atoms with E-state index in [1.807, 2.05) is 0 Å². The van der Waals surface area contributed by atoms with Crippen LogP contribution in [0.5, 0.6) is 0 Å². The van der Waals surface area contributed by atoms with E-state index >= 15 is 0 Å². The molecule has 110 valence electrons. The molecule has 1 heterocycles. The van der Waals surface area contributed by atoms with Crippen molar-refractivity contribution in [3.8, 4) is 0 Å². The molecule has 1 N–H and O–H groups in total. The van der Waals surface area contributed by atoms with E-state index in [0.29, 0.717) is 12.1 Å². The van der Waals surface area contributed by atoms with E-state index in [1.165, 1.54) is 49.7 Å². The monoisotopic (exact) mass is 279 g/mol. The van der Waals surface area contributed by atoms with Crippen molar-refractivity contribution in [1.82, 2.24) is 5.32 Å². The van der Waals surface area contributed by atoms with Gasteiger partial charge >= 0.3 is 0 Å². The second-order valence-electron chi connectivity index (χ2n) is 6.19. The molecule has 1 aliphatic heterocycles. The van der Waals surface area contributed by atoms with Gasteiger partial charge in [0.2, 0.25) is 0 Å². The standard InChI is InChI=1S/C20H25N/c1-3-7-17(8-4-1)11-13-19-15-16-20(21-19)14-12-18-9-5-2-6-10-18/h1-10,19-21H,11-16H2/t19-,20-/m1/s1. The summed E-state index contributed by atoms with van der Waals surface area (Å²) in [5.74, 6) is 0. The molecular weight excluding hydrogens is 254 g/mol. The Morgan fingerprint density at radius 3 is 1.52 bits per heavy atom. The van der Waals surface area contributed by atoms with Crippen LogP contribution in [-0.4, -0.2) is 12.1 Å². The largest absolute Gasteiger partial charge is 0.311 e. The predicted octanol–water partition coefficient (Wildman–Crippen LogP) is 4.37. The van der Waals surface area contributed by atoms with Gasteiger partial charge in [0.25, 0.3) is 0 Å². The SMILES string of the molecule is c1ccc(CC[C@@H]2CC[C@@H](CCc3ccccc3)N2)cc1. The van der Waals surface area contributed by atoms with Gasteiger partial charge in [-0.25, -0.2) is 0 Å². The highest BCUT2D eigenvalue weighted by atomic mass is 15.0. The molecule has 2 atom stereocenters. The van der Waals surface area contributed by atoms with Gasteiger partial charge in [-0.2, -0.15) is 0 Å². The average Bonchev–Trinajstić information content (AvgIpc) is 3.01. The van der Waals surface area contributed by atoms with Gasteiger partial charge in [-0.1, -0.05) is 60.7 Å². The molecule has 1 fully saturated rings. The molecule has 1 heteroatoms. The van der Waals surface area contributed by atoms with Crippen LogP contribution in [0.1, 0.15) is 36.8 Å². The number of aryl methyl sites for hydroxylation is 2. The molecule has 0 amide bonds. The van der Waals surface area contributed by atoms with E-state index in [1.54, 1.807) is 0 Å². The predicted molar refractivity (Wildman–Crippen MR) is 89.5 cm³/mol. The van der Waals surface area contributed by atoms with Gasteiger partial charge < -0.3 is 5.32 Å². The second-order valence-corrected chi connectivity index (χ2v) is 6.19. The molecule has 1 saturated heterocycles. The lowest BCUT2D eigenvalue weighted by atomic mass is 10.0. The lowest BCUT2D eigenvalue weighted by molar-refractivity contribution is 0.491. The molecule has 2 aromatic carbocycles. The van der Waals surface area contributed by atoms with Crippen molar-refractivity contribution < 1.29 is 0 Å². The molecule has 0 saturated carbocycles. The fraction of sp³-hybridized carbons (Fsp3) is 0.400. The fourth-order valence-corrected chi connectivity index (χ4v) is 3.33. The lowest BCUT2D eigenvalue weighted by Gasteiger charge is -2.14. The Balaban J connectivity index is 1.39. The lowest BCUT2D eigenvalue weighted by Crippen LogP contribution is -2.30. The molecule has 0 aliphatic carbocycles. The number of nitrogens with one attached hydrogen (secondary N) is 1. The highest BCUT2D eigenvalue weighted by Gasteiger charge is 2.22. The molecule has 0 aromatic heterocycles. The summed E-state index contributed by atoms with van der Waals surface area (Å²) in [5.41, 5.74) is 2.93. The normalized spacial score (nSPS) is 21.5. The molecule has 1 nitrogen and oxygen atoms in total. The minimum atomic E-state index is 0.714. The van der Waals surface area contributed by atoms with Crippen LogP contribution in [0, 0.1) is 0 Å². The molecule has 1 aliphatic rings. The van der Waals surface area contributed by atoms with E-state index in [0.717, 1.165) is 0 Å². The van der Waals surface area contributed by atoms with Gasteiger partial charge in [0, 0.05) is 12.1 Å². The first-order valence-electron chi connectivity index (χ1n) is 8.24. The van der Waals surface area contributed by atoms with Crippen LogP contribution in [-0.2, 0) is 12.8 Å². The summed E-state index contributed by atoms with van der Waals surface area (Å²) < 4.78 is 0. The fourth-order valence-electron chi connectivity index (χ4n) is 3.33. The van der Waals surface area contributed by atoms with Crippen molar-refractivity contribution in [1.29, 1.82) is 0 Å². The maximum Gasteiger partial charge on any atom is 0.00734 e. The van der Waals surface area contributed by atoms with Crippen LogP contribution < -0.4 is 5.32 Å². The summed E-state index contributed by atoms with van der Waals surface area (Å²) in [7, 11) is 0. The van der Waals surface area contributed by atoms with Crippen molar-refractivity contribution in [3.63, 3.8) is 0 Å². The zero-order valence-corrected chi connectivity index (χ0v) is 12.7. The van der Waals surface area contributed by atoms with E-state index in [4.69, 9.17) is 0 Å². The Hall–Kier alpha value is -1.60. The quantitative estimate of drug-likeness (QED) is 0.828. The van der Waals surface area contributed by atoms with E-state index in [-0.39, 0.29) is 0 Å². The van der Waals surface area contributed by atoms with Gasteiger partial charge in [-0.05, 0) is 49.7 Å². The molecule has 0 spiro atoms. The third-order valence-electron chi connectivity index (χ3n) is 4.58. The minimum absolute atomic E-state index is 0.714. The van der Waals surface area contributed by atoms with Crippen molar-refractivity contribution in [2.75, 3.05) is 0 Å². The molecule has 0 unspecified atom stereocenters. The maximum absolute atomic E-state index is 3.83. The summed E-state index contributed by atoms with van der Waals surface area (Å²) in [6.45, 7) is 0. The van der Waals surface area contributed by atoms with Crippen molar-refractivity contribution in [2.24, 2.45) is 0 Å². The third kappa shape index (κ3) is 4.44. The van der Waals surface area contributed by atoms with E-state index in [2.05, 4.69) is 66.0 Å². The summed E-state index contributed by atoms with van der Waals surface area (Å²) in [5, 5.41) is 3.83. The smallest absolute Gasteiger partial charge is 0.00734 e. The molecule has 0 radical (unpaired) electrons. The summed E-state index contributed by atoms with van der Waals surface area (Å²) >= 11 is 0. The van der Waals surface area contributed by atoms with Crippen LogP contribution in [0.15, 0.2) is 60.7 Å². The average molecular weight is 279 g/mol. The van der Waals surface area contributed by atoms with Crippen molar-refractivity contribution in [2.45, 2.75) is 50.6 Å². The van der Waals surface area contributed by atoms with Gasteiger partial charge in [0.1, 0.15) is 0 Å². The van der Waals surface area contributed by atoms with E-state index < -0.39 is 0 Å². The zero-order valence-electron chi connectivity index (χ0n) is 12.7. The summed E-state index contributed by atoms with van der Waals surface area (Å²) in [4.78, 5) is 0. The first-order chi connectivity index (χ1) is 10.4. The van der Waals surface area contributed by atoms with Crippen LogP contribution in [0.25, 0.3) is 0 Å². The van der Waals surface area contributed by atoms with E-state index in [9.17, 15) is 0 Å². The van der Waals surface area contributed by atoms with Crippen LogP contribution in [0.2, 0.25) is 0 Å². The first-order valence-corrected chi connectivity index (χ1v) is 8.24. The molecule has 3 rings (SSSR count). The minimum Gasteiger partial charge on any atom is -0.311 e. The van der Waals surface area contributed by atoms with Crippen LogP contribution in [0.4, 0.5) is 0 Å². The molecular formula is C20H25N. The molecule has 21 heavy (non-hydrogen) atoms.